The number of hydrogen-bond acceptors (Lipinski definition) is 2. The van der Waals surface area contributed by atoms with Crippen LogP contribution in [0.2, 0.25) is 0 Å². The summed E-state index contributed by atoms with van der Waals surface area (Å²) in [7, 11) is 0. The lowest BCUT2D eigenvalue weighted by Gasteiger charge is -2.35. The summed E-state index contributed by atoms with van der Waals surface area (Å²) < 4.78 is 2.29. The molecule has 90 valence electrons. The van der Waals surface area contributed by atoms with Crippen LogP contribution in [-0.4, -0.2) is 33.6 Å². The Balaban J connectivity index is 1.93. The van der Waals surface area contributed by atoms with Crippen molar-refractivity contribution in [2.75, 3.05) is 13.1 Å². The van der Waals surface area contributed by atoms with Crippen molar-refractivity contribution in [1.82, 2.24) is 14.5 Å². The Morgan fingerprint density at radius 1 is 1.50 bits per heavy atom. The molecule has 3 nitrogen and oxygen atoms in total. The molecule has 1 saturated heterocycles. The first-order valence-electron chi connectivity index (χ1n) is 6.38. The summed E-state index contributed by atoms with van der Waals surface area (Å²) in [4.78, 5) is 6.88. The highest BCUT2D eigenvalue weighted by Gasteiger charge is 2.21. The van der Waals surface area contributed by atoms with E-state index >= 15 is 0 Å². The number of imidazole rings is 1. The topological polar surface area (TPSA) is 21.1 Å². The largest absolute Gasteiger partial charge is 0.335 e. The van der Waals surface area contributed by atoms with E-state index in [9.17, 15) is 0 Å². The highest BCUT2D eigenvalue weighted by Crippen LogP contribution is 2.20. The van der Waals surface area contributed by atoms with Crippen LogP contribution >= 0.6 is 0 Å². The Kier molecular flexibility index (Phi) is 3.64. The minimum Gasteiger partial charge on any atom is -0.335 e. The van der Waals surface area contributed by atoms with E-state index in [1.54, 1.807) is 0 Å². The maximum atomic E-state index is 4.29. The minimum absolute atomic E-state index is 0.687. The maximum absolute atomic E-state index is 4.29. The molecule has 0 spiro atoms. The summed E-state index contributed by atoms with van der Waals surface area (Å²) in [6.07, 6.45) is 6.71. The smallest absolute Gasteiger partial charge is 0.105 e. The van der Waals surface area contributed by atoms with Gasteiger partial charge in [-0.05, 0) is 46.1 Å². The van der Waals surface area contributed by atoms with Gasteiger partial charge in [0.15, 0.2) is 0 Å². The third-order valence-electron chi connectivity index (χ3n) is 3.66. The summed E-state index contributed by atoms with van der Waals surface area (Å²) in [5, 5.41) is 0. The van der Waals surface area contributed by atoms with Crippen LogP contribution in [0.4, 0.5) is 0 Å². The Bertz CT molecular complexity index is 330. The molecule has 2 rings (SSSR count). The van der Waals surface area contributed by atoms with Crippen LogP contribution in [0.15, 0.2) is 12.4 Å². The molecule has 0 bridgehead atoms. The second kappa shape index (κ2) is 5.00. The first kappa shape index (κ1) is 11.6. The molecular formula is C13H23N3. The van der Waals surface area contributed by atoms with E-state index in [2.05, 4.69) is 41.4 Å². The van der Waals surface area contributed by atoms with Gasteiger partial charge in [0, 0.05) is 31.5 Å². The summed E-state index contributed by atoms with van der Waals surface area (Å²) in [5.41, 5.74) is 0. The van der Waals surface area contributed by atoms with Crippen molar-refractivity contribution in [3.05, 3.63) is 18.2 Å². The van der Waals surface area contributed by atoms with E-state index < -0.39 is 0 Å². The highest BCUT2D eigenvalue weighted by atomic mass is 15.2. The fourth-order valence-electron chi connectivity index (χ4n) is 2.59. The number of piperidine rings is 1. The fourth-order valence-corrected chi connectivity index (χ4v) is 2.59. The van der Waals surface area contributed by atoms with Crippen molar-refractivity contribution in [3.8, 4) is 0 Å². The van der Waals surface area contributed by atoms with Crippen molar-refractivity contribution in [3.63, 3.8) is 0 Å². The fraction of sp³-hybridized carbons (Fsp3) is 0.769. The standard InChI is InChI=1S/C13H23N3/c1-11(2)15-7-4-5-13(9-15)10-16-8-6-14-12(16)3/h6,8,11,13H,4-5,7,9-10H2,1-3H3/t13-/m0/s1. The molecule has 0 aromatic carbocycles. The zero-order chi connectivity index (χ0) is 11.5. The average molecular weight is 221 g/mol. The van der Waals surface area contributed by atoms with Crippen LogP contribution in [0.3, 0.4) is 0 Å². The van der Waals surface area contributed by atoms with Crippen LogP contribution in [-0.2, 0) is 6.54 Å². The summed E-state index contributed by atoms with van der Waals surface area (Å²) in [5.74, 6) is 1.94. The molecule has 1 aliphatic rings. The van der Waals surface area contributed by atoms with Crippen LogP contribution in [0, 0.1) is 12.8 Å². The van der Waals surface area contributed by atoms with Crippen LogP contribution < -0.4 is 0 Å². The predicted molar refractivity (Wildman–Crippen MR) is 66.4 cm³/mol. The van der Waals surface area contributed by atoms with Gasteiger partial charge in [-0.2, -0.15) is 0 Å². The maximum Gasteiger partial charge on any atom is 0.105 e. The van der Waals surface area contributed by atoms with Gasteiger partial charge in [0.2, 0.25) is 0 Å². The van der Waals surface area contributed by atoms with Gasteiger partial charge in [0.25, 0.3) is 0 Å². The van der Waals surface area contributed by atoms with E-state index in [-0.39, 0.29) is 0 Å². The second-order valence-corrected chi connectivity index (χ2v) is 5.22. The molecule has 0 unspecified atom stereocenters. The molecule has 0 radical (unpaired) electrons. The van der Waals surface area contributed by atoms with Crippen LogP contribution in [0.25, 0.3) is 0 Å². The van der Waals surface area contributed by atoms with E-state index in [4.69, 9.17) is 0 Å². The Morgan fingerprint density at radius 3 is 2.94 bits per heavy atom. The van der Waals surface area contributed by atoms with E-state index in [1.165, 1.54) is 25.9 Å². The third kappa shape index (κ3) is 2.64. The quantitative estimate of drug-likeness (QED) is 0.781. The van der Waals surface area contributed by atoms with Crippen LogP contribution in [0.5, 0.6) is 0 Å². The lowest BCUT2D eigenvalue weighted by atomic mass is 9.97. The molecule has 0 amide bonds. The van der Waals surface area contributed by atoms with Gasteiger partial charge in [-0.25, -0.2) is 4.98 Å². The Morgan fingerprint density at radius 2 is 2.31 bits per heavy atom. The van der Waals surface area contributed by atoms with Crippen molar-refractivity contribution in [2.45, 2.75) is 46.2 Å². The Hall–Kier alpha value is -0.830. The monoisotopic (exact) mass is 221 g/mol. The highest BCUT2D eigenvalue weighted by molar-refractivity contribution is 4.89. The number of nitrogens with zero attached hydrogens (tertiary/aromatic N) is 3. The molecule has 1 atom stereocenters. The molecule has 2 heterocycles. The van der Waals surface area contributed by atoms with Gasteiger partial charge in [-0.3, -0.25) is 0 Å². The minimum atomic E-state index is 0.687. The number of rotatable bonds is 3. The lowest BCUT2D eigenvalue weighted by molar-refractivity contribution is 0.130. The van der Waals surface area contributed by atoms with Crippen LogP contribution in [0.1, 0.15) is 32.5 Å². The molecule has 16 heavy (non-hydrogen) atoms. The molecule has 3 heteroatoms. The molecule has 0 aliphatic carbocycles. The van der Waals surface area contributed by atoms with Gasteiger partial charge in [0.05, 0.1) is 0 Å². The van der Waals surface area contributed by atoms with Gasteiger partial charge >= 0.3 is 0 Å². The van der Waals surface area contributed by atoms with Gasteiger partial charge in [-0.1, -0.05) is 0 Å². The van der Waals surface area contributed by atoms with E-state index in [0.717, 1.165) is 18.3 Å². The second-order valence-electron chi connectivity index (χ2n) is 5.22. The van der Waals surface area contributed by atoms with Crippen molar-refractivity contribution < 1.29 is 0 Å². The first-order chi connectivity index (χ1) is 7.66. The van der Waals surface area contributed by atoms with E-state index in [1.807, 2.05) is 6.20 Å². The summed E-state index contributed by atoms with van der Waals surface area (Å²) in [6, 6.07) is 0.687. The number of hydrogen-bond donors (Lipinski definition) is 0. The normalized spacial score (nSPS) is 22.9. The van der Waals surface area contributed by atoms with E-state index in [0.29, 0.717) is 6.04 Å². The molecule has 0 saturated carbocycles. The zero-order valence-electron chi connectivity index (χ0n) is 10.7. The average Bonchev–Trinajstić information content (AvgIpc) is 2.65. The van der Waals surface area contributed by atoms with Crippen molar-refractivity contribution in [1.29, 1.82) is 0 Å². The van der Waals surface area contributed by atoms with Crippen molar-refractivity contribution in [2.24, 2.45) is 5.92 Å². The predicted octanol–water partition coefficient (Wildman–Crippen LogP) is 2.31. The SMILES string of the molecule is Cc1nccn1C[C@H]1CCCN(C(C)C)C1. The Labute approximate surface area is 98.5 Å². The van der Waals surface area contributed by atoms with Gasteiger partial charge in [-0.15, -0.1) is 0 Å². The molecule has 0 N–H and O–H groups in total. The lowest BCUT2D eigenvalue weighted by Crippen LogP contribution is -2.41. The molecule has 1 fully saturated rings. The molecule has 1 aliphatic heterocycles. The number of likely N-dealkylation sites (tertiary alicyclic amines) is 1. The molecule has 1 aromatic heterocycles. The summed E-state index contributed by atoms with van der Waals surface area (Å²) >= 11 is 0. The number of aryl methyl sites for hydroxylation is 1. The van der Waals surface area contributed by atoms with Crippen molar-refractivity contribution >= 4 is 0 Å². The first-order valence-corrected chi connectivity index (χ1v) is 6.38. The zero-order valence-corrected chi connectivity index (χ0v) is 10.7. The van der Waals surface area contributed by atoms with Gasteiger partial charge < -0.3 is 9.47 Å². The molecular weight excluding hydrogens is 198 g/mol. The number of aromatic nitrogens is 2. The third-order valence-corrected chi connectivity index (χ3v) is 3.66. The summed E-state index contributed by atoms with van der Waals surface area (Å²) in [6.45, 7) is 10.3. The molecule has 1 aromatic rings. The van der Waals surface area contributed by atoms with Gasteiger partial charge in [0.1, 0.15) is 5.82 Å².